The molecule has 62 heavy (non-hydrogen) atoms. The zero-order valence-electron chi connectivity index (χ0n) is 33.4. The third-order valence-electron chi connectivity index (χ3n) is 11.7. The molecule has 0 aliphatic carbocycles. The number of aromatic nitrogens is 5. The van der Waals surface area contributed by atoms with Crippen LogP contribution in [0, 0.1) is 0 Å². The summed E-state index contributed by atoms with van der Waals surface area (Å²) in [4.78, 5) is 20.9. The highest BCUT2D eigenvalue weighted by Gasteiger charge is 2.23. The number of rotatable bonds is 7. The molecular weight excluding hydrogens is 759 g/mol. The molecule has 0 unspecified atom stereocenters. The van der Waals surface area contributed by atoms with E-state index < -0.39 is 0 Å². The fraction of sp³-hybridized carbons (Fsp3) is 0. The minimum atomic E-state index is 0.527. The zero-order valence-corrected chi connectivity index (χ0v) is 33.4. The normalized spacial score (nSPS) is 11.5. The number of furan rings is 1. The maximum Gasteiger partial charge on any atom is 0.166 e. The van der Waals surface area contributed by atoms with Gasteiger partial charge in [-0.2, -0.15) is 0 Å². The number of para-hydroxylation sites is 2. The number of hydrogen-bond donors (Lipinski definition) is 0. The fourth-order valence-electron chi connectivity index (χ4n) is 8.79. The molecule has 6 heteroatoms. The quantitative estimate of drug-likeness (QED) is 0.161. The highest BCUT2D eigenvalue weighted by Crippen LogP contribution is 2.44. The van der Waals surface area contributed by atoms with Gasteiger partial charge in [0.05, 0.1) is 16.7 Å². The van der Waals surface area contributed by atoms with Gasteiger partial charge in [-0.25, -0.2) is 15.0 Å². The van der Waals surface area contributed by atoms with Crippen LogP contribution in [0.5, 0.6) is 0 Å². The molecule has 6 nitrogen and oxygen atoms in total. The van der Waals surface area contributed by atoms with Crippen LogP contribution in [-0.2, 0) is 0 Å². The number of hydrogen-bond acceptors (Lipinski definition) is 5. The van der Waals surface area contributed by atoms with Crippen molar-refractivity contribution in [3.63, 3.8) is 0 Å². The van der Waals surface area contributed by atoms with Gasteiger partial charge in [0.25, 0.3) is 0 Å². The molecule has 0 saturated carbocycles. The molecule has 290 valence electrons. The fourth-order valence-corrected chi connectivity index (χ4v) is 8.79. The number of nitrogens with zero attached hydrogens (tertiary/aromatic N) is 5. The molecule has 0 amide bonds. The van der Waals surface area contributed by atoms with Crippen LogP contribution in [0.3, 0.4) is 0 Å². The van der Waals surface area contributed by atoms with E-state index in [1.165, 1.54) is 5.39 Å². The van der Waals surface area contributed by atoms with Crippen molar-refractivity contribution >= 4 is 43.7 Å². The van der Waals surface area contributed by atoms with E-state index in [1.54, 1.807) is 0 Å². The second-order valence-electron chi connectivity index (χ2n) is 15.4. The van der Waals surface area contributed by atoms with Gasteiger partial charge in [-0.1, -0.05) is 158 Å². The predicted octanol–water partition coefficient (Wildman–Crippen LogP) is 14.3. The second-order valence-corrected chi connectivity index (χ2v) is 15.4. The molecule has 0 spiro atoms. The first-order valence-corrected chi connectivity index (χ1v) is 20.7. The van der Waals surface area contributed by atoms with Crippen LogP contribution in [0.4, 0.5) is 0 Å². The van der Waals surface area contributed by atoms with Crippen molar-refractivity contribution in [1.29, 1.82) is 0 Å². The first kappa shape index (κ1) is 35.5. The Balaban J connectivity index is 1.12. The van der Waals surface area contributed by atoms with Gasteiger partial charge in [0.2, 0.25) is 0 Å². The lowest BCUT2D eigenvalue weighted by molar-refractivity contribution is 0.669. The molecule has 0 N–H and O–H groups in total. The molecule has 0 atom stereocenters. The molecule has 0 radical (unpaired) electrons. The van der Waals surface area contributed by atoms with Crippen molar-refractivity contribution in [2.24, 2.45) is 0 Å². The molecule has 0 fully saturated rings. The molecule has 4 heterocycles. The summed E-state index contributed by atoms with van der Waals surface area (Å²) in [5, 5.41) is 4.31. The van der Waals surface area contributed by atoms with Crippen molar-refractivity contribution in [2.75, 3.05) is 0 Å². The smallest absolute Gasteiger partial charge is 0.166 e. The van der Waals surface area contributed by atoms with E-state index >= 15 is 0 Å². The Morgan fingerprint density at radius 2 is 0.935 bits per heavy atom. The van der Waals surface area contributed by atoms with Crippen LogP contribution in [0.25, 0.3) is 117 Å². The van der Waals surface area contributed by atoms with E-state index in [4.69, 9.17) is 24.4 Å². The Morgan fingerprint density at radius 1 is 0.355 bits per heavy atom. The molecular formula is C56H35N5O. The Bertz CT molecular complexity index is 3560. The summed E-state index contributed by atoms with van der Waals surface area (Å²) in [6.45, 7) is 0. The predicted molar refractivity (Wildman–Crippen MR) is 252 cm³/mol. The van der Waals surface area contributed by atoms with Crippen LogP contribution in [0.1, 0.15) is 0 Å². The minimum Gasteiger partial charge on any atom is -0.456 e. The van der Waals surface area contributed by atoms with Crippen LogP contribution >= 0.6 is 0 Å². The van der Waals surface area contributed by atoms with Gasteiger partial charge in [-0.05, 0) is 59.2 Å². The van der Waals surface area contributed by atoms with Crippen LogP contribution in [-0.4, -0.2) is 24.5 Å². The molecule has 0 bridgehead atoms. The summed E-state index contributed by atoms with van der Waals surface area (Å²) >= 11 is 0. The van der Waals surface area contributed by atoms with Crippen LogP contribution in [0.2, 0.25) is 0 Å². The van der Waals surface area contributed by atoms with E-state index in [2.05, 4.69) is 132 Å². The van der Waals surface area contributed by atoms with Gasteiger partial charge < -0.3 is 8.98 Å². The first-order chi connectivity index (χ1) is 30.7. The topological polar surface area (TPSA) is 69.6 Å². The van der Waals surface area contributed by atoms with Gasteiger partial charge in [-0.3, -0.25) is 4.98 Å². The SMILES string of the molecule is c1ccc(-c2cccc(-c3cnc(-c4cccc5oc6cc7c(cc6c45)c4ccccc4n7-c4ccccc4)c(-c4nc(-c5ccccc5)nc(-c5ccccc5)n4)c3)c2)cc1. The van der Waals surface area contributed by atoms with E-state index in [0.717, 1.165) is 94.2 Å². The van der Waals surface area contributed by atoms with E-state index in [9.17, 15) is 0 Å². The van der Waals surface area contributed by atoms with Gasteiger partial charge in [0, 0.05) is 67.3 Å². The Labute approximate surface area is 357 Å². The highest BCUT2D eigenvalue weighted by atomic mass is 16.3. The van der Waals surface area contributed by atoms with Crippen molar-refractivity contribution in [1.82, 2.24) is 24.5 Å². The maximum atomic E-state index is 6.77. The molecule has 0 aliphatic heterocycles. The van der Waals surface area contributed by atoms with E-state index in [0.29, 0.717) is 17.5 Å². The van der Waals surface area contributed by atoms with Crippen molar-refractivity contribution in [2.45, 2.75) is 0 Å². The standard InChI is InChI=1S/C56H35N5O/c1-5-17-36(18-6-1)39-23-15-24-40(31-39)41-32-47(56-59-54(37-19-7-2-8-20-37)58-55(60-56)38-21-9-3-10-22-38)53(57-35-41)44-28-16-30-50-52(44)46-33-45-43-27-13-14-29-48(43)61(42-25-11-4-12-26-42)49(45)34-51(46)62-50/h1-35H. The number of benzene rings is 8. The van der Waals surface area contributed by atoms with E-state index in [1.807, 2.05) is 85.1 Å². The average molecular weight is 794 g/mol. The lowest BCUT2D eigenvalue weighted by Gasteiger charge is -2.14. The van der Waals surface area contributed by atoms with Crippen molar-refractivity contribution in [3.05, 3.63) is 212 Å². The Hall–Kier alpha value is -8.48. The summed E-state index contributed by atoms with van der Waals surface area (Å²) < 4.78 is 9.09. The van der Waals surface area contributed by atoms with Gasteiger partial charge in [0.15, 0.2) is 17.5 Å². The van der Waals surface area contributed by atoms with Gasteiger partial charge in [0.1, 0.15) is 11.2 Å². The minimum absolute atomic E-state index is 0.527. The molecule has 8 aromatic carbocycles. The Morgan fingerprint density at radius 3 is 1.65 bits per heavy atom. The molecule has 12 rings (SSSR count). The lowest BCUT2D eigenvalue weighted by atomic mass is 9.95. The summed E-state index contributed by atoms with van der Waals surface area (Å²) in [5.41, 5.74) is 13.4. The molecule has 4 aromatic heterocycles. The van der Waals surface area contributed by atoms with Gasteiger partial charge in [-0.15, -0.1) is 0 Å². The monoisotopic (exact) mass is 793 g/mol. The first-order valence-electron chi connectivity index (χ1n) is 20.7. The Kier molecular flexibility index (Phi) is 8.38. The van der Waals surface area contributed by atoms with E-state index in [-0.39, 0.29) is 0 Å². The van der Waals surface area contributed by atoms with Gasteiger partial charge >= 0.3 is 0 Å². The second kappa shape index (κ2) is 14.7. The summed E-state index contributed by atoms with van der Waals surface area (Å²) in [6, 6.07) is 71.2. The number of pyridine rings is 1. The lowest BCUT2D eigenvalue weighted by Crippen LogP contribution is -2.02. The molecule has 0 saturated heterocycles. The third kappa shape index (κ3) is 6.04. The van der Waals surface area contributed by atoms with Crippen LogP contribution < -0.4 is 0 Å². The zero-order chi connectivity index (χ0) is 41.0. The maximum absolute atomic E-state index is 6.77. The summed E-state index contributed by atoms with van der Waals surface area (Å²) in [6.07, 6.45) is 1.97. The summed E-state index contributed by atoms with van der Waals surface area (Å²) in [7, 11) is 0. The third-order valence-corrected chi connectivity index (χ3v) is 11.7. The molecule has 0 aliphatic rings. The van der Waals surface area contributed by atoms with Crippen molar-refractivity contribution < 1.29 is 4.42 Å². The van der Waals surface area contributed by atoms with Crippen LogP contribution in [0.15, 0.2) is 217 Å². The van der Waals surface area contributed by atoms with Crippen molar-refractivity contribution in [3.8, 4) is 73.4 Å². The highest BCUT2D eigenvalue weighted by molar-refractivity contribution is 6.20. The summed E-state index contributed by atoms with van der Waals surface area (Å²) in [5.74, 6) is 1.70. The molecule has 12 aromatic rings. The number of fused-ring (bicyclic) bond motifs is 6. The average Bonchev–Trinajstić information content (AvgIpc) is 3.89. The largest absolute Gasteiger partial charge is 0.456 e.